The molecule has 0 unspecified atom stereocenters. The number of rotatable bonds is 3. The van der Waals surface area contributed by atoms with Crippen LogP contribution in [0, 0.1) is 6.92 Å². The summed E-state index contributed by atoms with van der Waals surface area (Å²) in [7, 11) is 0. The minimum absolute atomic E-state index is 0.0127. The Hall–Kier alpha value is -2.61. The molecule has 3 rings (SSSR count). The molecule has 0 aliphatic heterocycles. The lowest BCUT2D eigenvalue weighted by Gasteiger charge is -2.02. The maximum atomic E-state index is 12.6. The molecule has 2 heteroatoms. The summed E-state index contributed by atoms with van der Waals surface area (Å²) in [4.78, 5) is 12.6. The number of benzene rings is 2. The van der Waals surface area contributed by atoms with Crippen LogP contribution in [0.3, 0.4) is 0 Å². The molecule has 1 heterocycles. The molecular formula is C18H14O2. The van der Waals surface area contributed by atoms with Crippen LogP contribution in [0.5, 0.6) is 0 Å². The van der Waals surface area contributed by atoms with E-state index in [0.29, 0.717) is 16.9 Å². The number of hydrogen-bond acceptors (Lipinski definition) is 2. The Balaban J connectivity index is 2.09. The van der Waals surface area contributed by atoms with Gasteiger partial charge < -0.3 is 4.42 Å². The van der Waals surface area contributed by atoms with E-state index in [0.717, 1.165) is 11.3 Å². The van der Waals surface area contributed by atoms with E-state index >= 15 is 0 Å². The van der Waals surface area contributed by atoms with E-state index in [9.17, 15) is 4.79 Å². The van der Waals surface area contributed by atoms with Gasteiger partial charge in [-0.3, -0.25) is 4.79 Å². The molecule has 0 fully saturated rings. The Morgan fingerprint density at radius 1 is 0.900 bits per heavy atom. The van der Waals surface area contributed by atoms with E-state index < -0.39 is 0 Å². The highest BCUT2D eigenvalue weighted by atomic mass is 16.3. The average Bonchev–Trinajstić information content (AvgIpc) is 2.90. The van der Waals surface area contributed by atoms with E-state index in [1.165, 1.54) is 0 Å². The summed E-state index contributed by atoms with van der Waals surface area (Å²) in [6.07, 6.45) is 0. The zero-order valence-corrected chi connectivity index (χ0v) is 11.2. The van der Waals surface area contributed by atoms with Gasteiger partial charge in [-0.2, -0.15) is 0 Å². The normalized spacial score (nSPS) is 10.4. The first kappa shape index (κ1) is 12.4. The van der Waals surface area contributed by atoms with Crippen LogP contribution in [-0.4, -0.2) is 5.78 Å². The molecule has 3 aromatic rings. The maximum Gasteiger partial charge on any atom is 0.196 e. The van der Waals surface area contributed by atoms with Gasteiger partial charge in [0, 0.05) is 11.1 Å². The molecule has 0 spiro atoms. The molecule has 0 aliphatic carbocycles. The number of furan rings is 1. The van der Waals surface area contributed by atoms with Gasteiger partial charge in [0.2, 0.25) is 0 Å². The molecule has 0 atom stereocenters. The highest BCUT2D eigenvalue weighted by Crippen LogP contribution is 2.28. The molecule has 20 heavy (non-hydrogen) atoms. The summed E-state index contributed by atoms with van der Waals surface area (Å²) < 4.78 is 5.72. The molecule has 2 aromatic carbocycles. The van der Waals surface area contributed by atoms with Gasteiger partial charge >= 0.3 is 0 Å². The Morgan fingerprint density at radius 2 is 1.50 bits per heavy atom. The molecule has 98 valence electrons. The van der Waals surface area contributed by atoms with Gasteiger partial charge in [-0.25, -0.2) is 0 Å². The lowest BCUT2D eigenvalue weighted by Crippen LogP contribution is -2.00. The van der Waals surface area contributed by atoms with Gasteiger partial charge in [0.15, 0.2) is 5.78 Å². The van der Waals surface area contributed by atoms with Crippen LogP contribution >= 0.6 is 0 Å². The van der Waals surface area contributed by atoms with Crippen molar-refractivity contribution < 1.29 is 9.21 Å². The Kier molecular flexibility index (Phi) is 3.21. The molecule has 0 amide bonds. The minimum Gasteiger partial charge on any atom is -0.461 e. The molecule has 2 nitrogen and oxygen atoms in total. The van der Waals surface area contributed by atoms with E-state index in [2.05, 4.69) is 0 Å². The smallest absolute Gasteiger partial charge is 0.196 e. The van der Waals surface area contributed by atoms with E-state index in [1.807, 2.05) is 67.6 Å². The number of aryl methyl sites for hydroxylation is 1. The van der Waals surface area contributed by atoms with Gasteiger partial charge in [-0.05, 0) is 13.0 Å². The Bertz CT molecular complexity index is 725. The lowest BCUT2D eigenvalue weighted by atomic mass is 10.0. The third-order valence-electron chi connectivity index (χ3n) is 3.17. The van der Waals surface area contributed by atoms with E-state index in [4.69, 9.17) is 4.42 Å². The molecule has 0 radical (unpaired) electrons. The van der Waals surface area contributed by atoms with Gasteiger partial charge in [-0.1, -0.05) is 60.7 Å². The average molecular weight is 262 g/mol. The monoisotopic (exact) mass is 262 g/mol. The summed E-state index contributed by atoms with van der Waals surface area (Å²) in [6, 6.07) is 20.8. The molecule has 0 saturated heterocycles. The van der Waals surface area contributed by atoms with Crippen molar-refractivity contribution in [1.82, 2.24) is 0 Å². The molecule has 0 aliphatic rings. The van der Waals surface area contributed by atoms with Crippen molar-refractivity contribution in [1.29, 1.82) is 0 Å². The Labute approximate surface area is 117 Å². The number of ketones is 1. The second-order valence-corrected chi connectivity index (χ2v) is 4.66. The van der Waals surface area contributed by atoms with Gasteiger partial charge in [0.25, 0.3) is 0 Å². The second kappa shape index (κ2) is 5.17. The van der Waals surface area contributed by atoms with Crippen LogP contribution in [0.25, 0.3) is 11.3 Å². The van der Waals surface area contributed by atoms with Crippen molar-refractivity contribution >= 4 is 5.78 Å². The van der Waals surface area contributed by atoms with Crippen molar-refractivity contribution in [3.8, 4) is 11.3 Å². The van der Waals surface area contributed by atoms with Crippen molar-refractivity contribution in [2.24, 2.45) is 0 Å². The first-order chi connectivity index (χ1) is 9.75. The summed E-state index contributed by atoms with van der Waals surface area (Å²) in [6.45, 7) is 1.86. The highest BCUT2D eigenvalue weighted by Gasteiger charge is 2.19. The number of carbonyl (C=O) groups is 1. The first-order valence-corrected chi connectivity index (χ1v) is 6.51. The van der Waals surface area contributed by atoms with Crippen molar-refractivity contribution in [2.45, 2.75) is 6.92 Å². The fourth-order valence-electron chi connectivity index (χ4n) is 2.23. The zero-order chi connectivity index (χ0) is 13.9. The quantitative estimate of drug-likeness (QED) is 0.651. The predicted octanol–water partition coefficient (Wildman–Crippen LogP) is 4.49. The Morgan fingerprint density at radius 3 is 2.15 bits per heavy atom. The number of hydrogen-bond donors (Lipinski definition) is 0. The van der Waals surface area contributed by atoms with Crippen LogP contribution < -0.4 is 0 Å². The summed E-state index contributed by atoms with van der Waals surface area (Å²) in [5, 5.41) is 0. The van der Waals surface area contributed by atoms with Crippen molar-refractivity contribution in [3.63, 3.8) is 0 Å². The summed E-state index contributed by atoms with van der Waals surface area (Å²) in [5.41, 5.74) is 2.20. The van der Waals surface area contributed by atoms with Crippen molar-refractivity contribution in [3.05, 3.63) is 83.6 Å². The third-order valence-corrected chi connectivity index (χ3v) is 3.17. The van der Waals surface area contributed by atoms with Crippen LogP contribution in [0.1, 0.15) is 21.7 Å². The maximum absolute atomic E-state index is 12.6. The largest absolute Gasteiger partial charge is 0.461 e. The van der Waals surface area contributed by atoms with E-state index in [1.54, 1.807) is 6.07 Å². The first-order valence-electron chi connectivity index (χ1n) is 6.51. The van der Waals surface area contributed by atoms with E-state index in [-0.39, 0.29) is 5.78 Å². The standard InChI is InChI=1S/C18H14O2/c1-13-12-16(17(19)14-8-4-2-5-9-14)18(20-13)15-10-6-3-7-11-15/h2-12H,1H3. The zero-order valence-electron chi connectivity index (χ0n) is 11.2. The van der Waals surface area contributed by atoms with Gasteiger partial charge in [-0.15, -0.1) is 0 Å². The van der Waals surface area contributed by atoms with Gasteiger partial charge in [0.05, 0.1) is 5.56 Å². The highest BCUT2D eigenvalue weighted by molar-refractivity contribution is 6.12. The molecule has 1 aromatic heterocycles. The fraction of sp³-hybridized carbons (Fsp3) is 0.0556. The van der Waals surface area contributed by atoms with Crippen LogP contribution in [0.15, 0.2) is 71.1 Å². The number of carbonyl (C=O) groups excluding carboxylic acids is 1. The lowest BCUT2D eigenvalue weighted by molar-refractivity contribution is 0.103. The minimum atomic E-state index is -0.0127. The molecular weight excluding hydrogens is 248 g/mol. The SMILES string of the molecule is Cc1cc(C(=O)c2ccccc2)c(-c2ccccc2)o1. The fourth-order valence-corrected chi connectivity index (χ4v) is 2.23. The third kappa shape index (κ3) is 2.28. The summed E-state index contributed by atoms with van der Waals surface area (Å²) in [5.74, 6) is 1.36. The molecule has 0 N–H and O–H groups in total. The van der Waals surface area contributed by atoms with Crippen molar-refractivity contribution in [2.75, 3.05) is 0 Å². The molecule has 0 bridgehead atoms. The topological polar surface area (TPSA) is 30.2 Å². The predicted molar refractivity (Wildman–Crippen MR) is 78.8 cm³/mol. The molecule has 0 saturated carbocycles. The summed E-state index contributed by atoms with van der Waals surface area (Å²) >= 11 is 0. The second-order valence-electron chi connectivity index (χ2n) is 4.66. The van der Waals surface area contributed by atoms with Crippen LogP contribution in [0.2, 0.25) is 0 Å². The van der Waals surface area contributed by atoms with Gasteiger partial charge in [0.1, 0.15) is 11.5 Å². The van der Waals surface area contributed by atoms with Crippen LogP contribution in [-0.2, 0) is 0 Å². The van der Waals surface area contributed by atoms with Crippen LogP contribution in [0.4, 0.5) is 0 Å².